The molecular formula is C29H41Cl2N5O3. The molecule has 1 heterocycles. The largest absolute Gasteiger partial charge is 0.463 e. The Morgan fingerprint density at radius 1 is 0.949 bits per heavy atom. The van der Waals surface area contributed by atoms with E-state index in [1.54, 1.807) is 0 Å². The summed E-state index contributed by atoms with van der Waals surface area (Å²) in [5.41, 5.74) is 8.47. The van der Waals surface area contributed by atoms with Crippen LogP contribution in [-0.4, -0.2) is 66.0 Å². The number of benzene rings is 2. The van der Waals surface area contributed by atoms with E-state index in [0.717, 1.165) is 50.0 Å². The first-order valence-electron chi connectivity index (χ1n) is 13.3. The zero-order valence-electron chi connectivity index (χ0n) is 22.8. The van der Waals surface area contributed by atoms with Crippen molar-refractivity contribution >= 4 is 48.3 Å². The molecule has 2 aromatic carbocycles. The normalized spacial score (nSPS) is 18.9. The molecule has 4 rings (SSSR count). The van der Waals surface area contributed by atoms with Crippen LogP contribution >= 0.6 is 24.8 Å². The Hall–Kier alpha value is -2.97. The summed E-state index contributed by atoms with van der Waals surface area (Å²) in [6.07, 6.45) is 3.00. The van der Waals surface area contributed by atoms with Gasteiger partial charge in [-0.25, -0.2) is 4.79 Å². The number of esters is 1. The van der Waals surface area contributed by atoms with E-state index in [9.17, 15) is 9.59 Å². The van der Waals surface area contributed by atoms with Crippen LogP contribution in [0.5, 0.6) is 0 Å². The number of ether oxygens (including phenoxy) is 1. The SMILES string of the molecule is CC(C)OC(=O)[C@H]1CC[C@H](N(Cc2ccccc2)C(=O)N2CCN(c3ccc(C(=N)N)cc3)CC2)CC1.Cl.Cl. The Labute approximate surface area is 244 Å². The van der Waals surface area contributed by atoms with Gasteiger partial charge in [0.2, 0.25) is 0 Å². The van der Waals surface area contributed by atoms with Gasteiger partial charge >= 0.3 is 12.0 Å². The highest BCUT2D eigenvalue weighted by Crippen LogP contribution is 2.31. The van der Waals surface area contributed by atoms with Crippen molar-refractivity contribution in [1.29, 1.82) is 5.41 Å². The van der Waals surface area contributed by atoms with Crippen molar-refractivity contribution in [3.63, 3.8) is 0 Å². The van der Waals surface area contributed by atoms with Crippen LogP contribution in [-0.2, 0) is 16.1 Å². The van der Waals surface area contributed by atoms with Crippen molar-refractivity contribution in [2.24, 2.45) is 11.7 Å². The fraction of sp³-hybridized carbons (Fsp3) is 0.483. The number of halogens is 2. The molecule has 8 nitrogen and oxygen atoms in total. The van der Waals surface area contributed by atoms with Gasteiger partial charge in [0.15, 0.2) is 0 Å². The van der Waals surface area contributed by atoms with E-state index in [1.807, 2.05) is 66.1 Å². The second-order valence-corrected chi connectivity index (χ2v) is 10.3. The van der Waals surface area contributed by atoms with Crippen molar-refractivity contribution < 1.29 is 14.3 Å². The minimum atomic E-state index is -0.109. The molecule has 1 aliphatic heterocycles. The number of piperazine rings is 1. The standard InChI is InChI=1S/C29H39N5O3.2ClH/c1-21(2)37-28(35)24-10-14-26(15-11-24)34(20-22-6-4-3-5-7-22)29(36)33-18-16-32(17-19-33)25-12-8-23(9-13-25)27(30)31;;/h3-9,12-13,21,24,26H,10-11,14-20H2,1-2H3,(H3,30,31);2*1H/t24-,26-;;. The van der Waals surface area contributed by atoms with Crippen LogP contribution in [0.15, 0.2) is 54.6 Å². The van der Waals surface area contributed by atoms with Crippen molar-refractivity contribution in [1.82, 2.24) is 9.80 Å². The van der Waals surface area contributed by atoms with E-state index < -0.39 is 0 Å². The van der Waals surface area contributed by atoms with Crippen LogP contribution in [0.25, 0.3) is 0 Å². The van der Waals surface area contributed by atoms with Gasteiger partial charge in [0, 0.05) is 50.0 Å². The van der Waals surface area contributed by atoms with E-state index in [0.29, 0.717) is 25.2 Å². The summed E-state index contributed by atoms with van der Waals surface area (Å²) in [7, 11) is 0. The fourth-order valence-corrected chi connectivity index (χ4v) is 5.27. The minimum Gasteiger partial charge on any atom is -0.463 e. The minimum absolute atomic E-state index is 0. The molecule has 1 aliphatic carbocycles. The molecule has 2 fully saturated rings. The molecule has 2 amide bonds. The molecule has 39 heavy (non-hydrogen) atoms. The van der Waals surface area contributed by atoms with Gasteiger partial charge in [-0.05, 0) is 69.4 Å². The molecule has 2 aromatic rings. The summed E-state index contributed by atoms with van der Waals surface area (Å²) in [5, 5.41) is 7.58. The monoisotopic (exact) mass is 577 g/mol. The molecule has 214 valence electrons. The Morgan fingerprint density at radius 2 is 1.54 bits per heavy atom. The quantitative estimate of drug-likeness (QED) is 0.271. The van der Waals surface area contributed by atoms with Gasteiger partial charge in [-0.1, -0.05) is 30.3 Å². The highest BCUT2D eigenvalue weighted by molar-refractivity contribution is 5.95. The lowest BCUT2D eigenvalue weighted by molar-refractivity contribution is -0.153. The van der Waals surface area contributed by atoms with Gasteiger partial charge in [0.05, 0.1) is 12.0 Å². The van der Waals surface area contributed by atoms with Crippen LogP contribution in [0.1, 0.15) is 50.7 Å². The van der Waals surface area contributed by atoms with Crippen LogP contribution in [0.4, 0.5) is 10.5 Å². The van der Waals surface area contributed by atoms with Crippen molar-refractivity contribution in [2.75, 3.05) is 31.1 Å². The topological polar surface area (TPSA) is 103 Å². The maximum Gasteiger partial charge on any atom is 0.320 e. The van der Waals surface area contributed by atoms with Gasteiger partial charge in [0.25, 0.3) is 0 Å². The average Bonchev–Trinajstić information content (AvgIpc) is 2.92. The number of hydrogen-bond donors (Lipinski definition) is 2. The third-order valence-electron chi connectivity index (χ3n) is 7.36. The van der Waals surface area contributed by atoms with E-state index in [2.05, 4.69) is 17.0 Å². The van der Waals surface area contributed by atoms with Gasteiger partial charge in [0.1, 0.15) is 5.84 Å². The van der Waals surface area contributed by atoms with Crippen LogP contribution in [0, 0.1) is 11.3 Å². The zero-order valence-corrected chi connectivity index (χ0v) is 24.4. The number of hydrogen-bond acceptors (Lipinski definition) is 5. The average molecular weight is 579 g/mol. The number of urea groups is 1. The first-order chi connectivity index (χ1) is 17.8. The van der Waals surface area contributed by atoms with Gasteiger partial charge in [-0.3, -0.25) is 10.2 Å². The number of nitrogens with two attached hydrogens (primary N) is 1. The summed E-state index contributed by atoms with van der Waals surface area (Å²) in [5.74, 6) is -0.126. The molecule has 0 spiro atoms. The van der Waals surface area contributed by atoms with Crippen LogP contribution in [0.3, 0.4) is 0 Å². The van der Waals surface area contributed by atoms with Crippen LogP contribution in [0.2, 0.25) is 0 Å². The zero-order chi connectivity index (χ0) is 26.4. The number of nitrogens with one attached hydrogen (secondary N) is 1. The molecule has 0 aromatic heterocycles. The Bertz CT molecular complexity index is 1070. The molecule has 2 aliphatic rings. The fourth-order valence-electron chi connectivity index (χ4n) is 5.27. The lowest BCUT2D eigenvalue weighted by Crippen LogP contribution is -2.55. The van der Waals surface area contributed by atoms with Gasteiger partial charge < -0.3 is 25.2 Å². The number of nitrogen functional groups attached to an aromatic ring is 1. The van der Waals surface area contributed by atoms with E-state index >= 15 is 0 Å². The number of carbonyl (C=O) groups is 2. The molecule has 1 saturated heterocycles. The van der Waals surface area contributed by atoms with Crippen molar-refractivity contribution in [3.8, 4) is 0 Å². The summed E-state index contributed by atoms with van der Waals surface area (Å²) in [4.78, 5) is 32.5. The first kappa shape index (κ1) is 32.2. The number of carbonyl (C=O) groups excluding carboxylic acids is 2. The molecule has 0 radical (unpaired) electrons. The van der Waals surface area contributed by atoms with E-state index in [1.165, 1.54) is 0 Å². The number of anilines is 1. The van der Waals surface area contributed by atoms with E-state index in [-0.39, 0.29) is 60.7 Å². The Morgan fingerprint density at radius 3 is 2.08 bits per heavy atom. The first-order valence-corrected chi connectivity index (χ1v) is 13.3. The molecule has 0 atom stereocenters. The summed E-state index contributed by atoms with van der Waals surface area (Å²) < 4.78 is 5.44. The predicted octanol–water partition coefficient (Wildman–Crippen LogP) is 5.07. The Kier molecular flexibility index (Phi) is 12.4. The lowest BCUT2D eigenvalue weighted by Gasteiger charge is -2.42. The third-order valence-corrected chi connectivity index (χ3v) is 7.36. The third kappa shape index (κ3) is 8.51. The number of amidine groups is 1. The molecule has 0 bridgehead atoms. The highest BCUT2D eigenvalue weighted by atomic mass is 35.5. The maximum atomic E-state index is 13.8. The molecule has 0 unspecified atom stereocenters. The van der Waals surface area contributed by atoms with Crippen molar-refractivity contribution in [3.05, 3.63) is 65.7 Å². The lowest BCUT2D eigenvalue weighted by atomic mass is 9.85. The summed E-state index contributed by atoms with van der Waals surface area (Å²) in [6.45, 7) is 7.12. The summed E-state index contributed by atoms with van der Waals surface area (Å²) in [6, 6.07) is 18.0. The molecule has 1 saturated carbocycles. The molecular weight excluding hydrogens is 537 g/mol. The van der Waals surface area contributed by atoms with Gasteiger partial charge in [-0.15, -0.1) is 24.8 Å². The molecule has 3 N–H and O–H groups in total. The maximum absolute atomic E-state index is 13.8. The smallest absolute Gasteiger partial charge is 0.320 e. The van der Waals surface area contributed by atoms with E-state index in [4.69, 9.17) is 15.9 Å². The second kappa shape index (κ2) is 15.0. The van der Waals surface area contributed by atoms with Gasteiger partial charge in [-0.2, -0.15) is 0 Å². The number of nitrogens with zero attached hydrogens (tertiary/aromatic N) is 3. The van der Waals surface area contributed by atoms with Crippen molar-refractivity contribution in [2.45, 2.75) is 58.2 Å². The summed E-state index contributed by atoms with van der Waals surface area (Å²) >= 11 is 0. The van der Waals surface area contributed by atoms with Crippen LogP contribution < -0.4 is 10.6 Å². The molecule has 10 heteroatoms. The second-order valence-electron chi connectivity index (χ2n) is 10.3. The number of amides is 2. The highest BCUT2D eigenvalue weighted by Gasteiger charge is 2.35. The Balaban J connectivity index is 0.00000267. The number of rotatable bonds is 7. The predicted molar refractivity (Wildman–Crippen MR) is 160 cm³/mol.